The van der Waals surface area contributed by atoms with Crippen molar-refractivity contribution in [1.29, 1.82) is 0 Å². The molecule has 22 heavy (non-hydrogen) atoms. The van der Waals surface area contributed by atoms with Crippen molar-refractivity contribution in [2.24, 2.45) is 0 Å². The smallest absolute Gasteiger partial charge is 0.318 e. The maximum absolute atomic E-state index is 12.6. The van der Waals surface area contributed by atoms with E-state index in [1.807, 2.05) is 17.9 Å². The summed E-state index contributed by atoms with van der Waals surface area (Å²) in [6.07, 6.45) is 4.20. The van der Waals surface area contributed by atoms with Gasteiger partial charge in [-0.3, -0.25) is 0 Å². The van der Waals surface area contributed by atoms with Gasteiger partial charge in [0.05, 0.1) is 11.7 Å². The lowest BCUT2D eigenvalue weighted by Crippen LogP contribution is -2.51. The number of nitrogens with one attached hydrogen (secondary N) is 1. The lowest BCUT2D eigenvalue weighted by molar-refractivity contribution is 0.161. The second-order valence-electron chi connectivity index (χ2n) is 6.40. The molecule has 2 aliphatic rings. The summed E-state index contributed by atoms with van der Waals surface area (Å²) in [5, 5.41) is 7.17. The van der Waals surface area contributed by atoms with Gasteiger partial charge in [-0.2, -0.15) is 0 Å². The molecule has 3 rings (SSSR count). The van der Waals surface area contributed by atoms with Gasteiger partial charge in [0.15, 0.2) is 5.76 Å². The Morgan fingerprint density at radius 3 is 2.95 bits per heavy atom. The molecule has 122 valence electrons. The van der Waals surface area contributed by atoms with Crippen molar-refractivity contribution in [3.8, 4) is 0 Å². The topological polar surface area (TPSA) is 61.6 Å². The SMILES string of the molecule is CCN1CCC[C@@H](NC(=O)N2CCC[C@H]2c2cc(C)no2)C1. The predicted octanol–water partition coefficient (Wildman–Crippen LogP) is 2.31. The summed E-state index contributed by atoms with van der Waals surface area (Å²) in [6, 6.07) is 2.28. The summed E-state index contributed by atoms with van der Waals surface area (Å²) in [6.45, 7) is 8.03. The van der Waals surface area contributed by atoms with Crippen LogP contribution in [0.2, 0.25) is 0 Å². The van der Waals surface area contributed by atoms with Crippen LogP contribution in [0.3, 0.4) is 0 Å². The van der Waals surface area contributed by atoms with Crippen LogP contribution in [0.5, 0.6) is 0 Å². The average Bonchev–Trinajstić information content (AvgIpc) is 3.15. The third-order valence-electron chi connectivity index (χ3n) is 4.77. The Morgan fingerprint density at radius 1 is 1.41 bits per heavy atom. The first-order valence-corrected chi connectivity index (χ1v) is 8.40. The van der Waals surface area contributed by atoms with Gasteiger partial charge < -0.3 is 19.6 Å². The number of likely N-dealkylation sites (N-methyl/N-ethyl adjacent to an activating group) is 1. The highest BCUT2D eigenvalue weighted by atomic mass is 16.5. The van der Waals surface area contributed by atoms with Gasteiger partial charge in [-0.1, -0.05) is 12.1 Å². The summed E-state index contributed by atoms with van der Waals surface area (Å²) in [5.41, 5.74) is 0.869. The Hall–Kier alpha value is -1.56. The van der Waals surface area contributed by atoms with Crippen LogP contribution in [-0.4, -0.2) is 53.2 Å². The van der Waals surface area contributed by atoms with Crippen molar-refractivity contribution >= 4 is 6.03 Å². The largest absolute Gasteiger partial charge is 0.359 e. The standard InChI is InChI=1S/C16H26N4O2/c1-3-19-8-4-6-13(11-19)17-16(21)20-9-5-7-14(20)15-10-12(2)18-22-15/h10,13-14H,3-9,11H2,1-2H3,(H,17,21)/t13-,14+/m1/s1. The Morgan fingerprint density at radius 2 is 2.23 bits per heavy atom. The second-order valence-corrected chi connectivity index (χ2v) is 6.40. The molecule has 1 aromatic heterocycles. The van der Waals surface area contributed by atoms with E-state index in [0.717, 1.165) is 63.3 Å². The molecule has 0 aliphatic carbocycles. The number of carbonyl (C=O) groups is 1. The van der Waals surface area contributed by atoms with E-state index >= 15 is 0 Å². The van der Waals surface area contributed by atoms with Crippen LogP contribution in [-0.2, 0) is 0 Å². The summed E-state index contributed by atoms with van der Waals surface area (Å²) in [4.78, 5) is 16.9. The molecular weight excluding hydrogens is 280 g/mol. The zero-order valence-electron chi connectivity index (χ0n) is 13.5. The minimum Gasteiger partial charge on any atom is -0.359 e. The molecule has 6 heteroatoms. The number of hydrogen-bond acceptors (Lipinski definition) is 4. The first-order chi connectivity index (χ1) is 10.7. The van der Waals surface area contributed by atoms with Gasteiger partial charge in [0.1, 0.15) is 0 Å². The molecule has 1 aromatic rings. The third kappa shape index (κ3) is 3.27. The van der Waals surface area contributed by atoms with Crippen LogP contribution in [0.4, 0.5) is 4.79 Å². The molecule has 0 saturated carbocycles. The van der Waals surface area contributed by atoms with Gasteiger partial charge in [-0.05, 0) is 45.7 Å². The molecule has 2 saturated heterocycles. The normalized spacial score (nSPS) is 26.4. The summed E-state index contributed by atoms with van der Waals surface area (Å²) < 4.78 is 5.37. The van der Waals surface area contributed by atoms with Crippen LogP contribution in [0.25, 0.3) is 0 Å². The van der Waals surface area contributed by atoms with Crippen LogP contribution in [0, 0.1) is 6.92 Å². The number of carbonyl (C=O) groups excluding carboxylic acids is 1. The monoisotopic (exact) mass is 306 g/mol. The number of aryl methyl sites for hydroxylation is 1. The molecule has 0 unspecified atom stereocenters. The fourth-order valence-electron chi connectivity index (χ4n) is 3.56. The molecule has 0 aromatic carbocycles. The molecule has 2 fully saturated rings. The van der Waals surface area contributed by atoms with Crippen LogP contribution < -0.4 is 5.32 Å². The average molecular weight is 306 g/mol. The van der Waals surface area contributed by atoms with E-state index in [4.69, 9.17) is 4.52 Å². The van der Waals surface area contributed by atoms with Crippen molar-refractivity contribution in [3.05, 3.63) is 17.5 Å². The second kappa shape index (κ2) is 6.69. The van der Waals surface area contributed by atoms with Crippen molar-refractivity contribution < 1.29 is 9.32 Å². The molecule has 0 radical (unpaired) electrons. The number of amides is 2. The number of piperidine rings is 1. The van der Waals surface area contributed by atoms with Crippen molar-refractivity contribution in [3.63, 3.8) is 0 Å². The molecule has 0 spiro atoms. The van der Waals surface area contributed by atoms with E-state index in [9.17, 15) is 4.79 Å². The summed E-state index contributed by atoms with van der Waals surface area (Å²) in [7, 11) is 0. The van der Waals surface area contributed by atoms with E-state index in [-0.39, 0.29) is 18.1 Å². The van der Waals surface area contributed by atoms with Crippen molar-refractivity contribution in [1.82, 2.24) is 20.3 Å². The highest BCUT2D eigenvalue weighted by molar-refractivity contribution is 5.75. The quantitative estimate of drug-likeness (QED) is 0.931. The number of hydrogen-bond donors (Lipinski definition) is 1. The molecule has 3 heterocycles. The first-order valence-electron chi connectivity index (χ1n) is 8.40. The maximum atomic E-state index is 12.6. The number of nitrogens with zero attached hydrogens (tertiary/aromatic N) is 3. The molecule has 2 amide bonds. The highest BCUT2D eigenvalue weighted by Gasteiger charge is 2.34. The third-order valence-corrected chi connectivity index (χ3v) is 4.77. The van der Waals surface area contributed by atoms with E-state index in [1.54, 1.807) is 0 Å². The number of urea groups is 1. The Labute approximate surface area is 131 Å². The molecular formula is C16H26N4O2. The van der Waals surface area contributed by atoms with Gasteiger partial charge >= 0.3 is 6.03 Å². The van der Waals surface area contributed by atoms with E-state index in [1.165, 1.54) is 0 Å². The fourth-order valence-corrected chi connectivity index (χ4v) is 3.56. The zero-order chi connectivity index (χ0) is 15.5. The van der Waals surface area contributed by atoms with E-state index in [2.05, 4.69) is 22.3 Å². The van der Waals surface area contributed by atoms with Gasteiger partial charge in [0, 0.05) is 25.2 Å². The molecule has 0 bridgehead atoms. The van der Waals surface area contributed by atoms with Crippen LogP contribution >= 0.6 is 0 Å². The van der Waals surface area contributed by atoms with Crippen molar-refractivity contribution in [2.75, 3.05) is 26.2 Å². The summed E-state index contributed by atoms with van der Waals surface area (Å²) >= 11 is 0. The van der Waals surface area contributed by atoms with Gasteiger partial charge in [0.25, 0.3) is 0 Å². The number of likely N-dealkylation sites (tertiary alicyclic amines) is 2. The zero-order valence-corrected chi connectivity index (χ0v) is 13.5. The van der Waals surface area contributed by atoms with Crippen LogP contribution in [0.1, 0.15) is 50.1 Å². The number of aromatic nitrogens is 1. The molecule has 2 aliphatic heterocycles. The van der Waals surface area contributed by atoms with Gasteiger partial charge in [-0.15, -0.1) is 0 Å². The first kappa shape index (κ1) is 15.3. The van der Waals surface area contributed by atoms with Crippen molar-refractivity contribution in [2.45, 2.75) is 51.6 Å². The highest BCUT2D eigenvalue weighted by Crippen LogP contribution is 2.32. The minimum atomic E-state index is 0.0343. The Balaban J connectivity index is 1.61. The van der Waals surface area contributed by atoms with E-state index < -0.39 is 0 Å². The van der Waals surface area contributed by atoms with E-state index in [0.29, 0.717) is 0 Å². The lowest BCUT2D eigenvalue weighted by atomic mass is 10.1. The summed E-state index contributed by atoms with van der Waals surface area (Å²) in [5.74, 6) is 0.809. The van der Waals surface area contributed by atoms with Gasteiger partial charge in [-0.25, -0.2) is 4.79 Å². The van der Waals surface area contributed by atoms with Crippen LogP contribution in [0.15, 0.2) is 10.6 Å². The Bertz CT molecular complexity index is 516. The number of rotatable bonds is 3. The minimum absolute atomic E-state index is 0.0343. The molecule has 6 nitrogen and oxygen atoms in total. The fraction of sp³-hybridized carbons (Fsp3) is 0.750. The lowest BCUT2D eigenvalue weighted by Gasteiger charge is -2.34. The molecule has 1 N–H and O–H groups in total. The maximum Gasteiger partial charge on any atom is 0.318 e. The predicted molar refractivity (Wildman–Crippen MR) is 83.6 cm³/mol. The molecule has 2 atom stereocenters. The Kier molecular flexibility index (Phi) is 4.66. The van der Waals surface area contributed by atoms with Gasteiger partial charge in [0.2, 0.25) is 0 Å².